The lowest BCUT2D eigenvalue weighted by atomic mass is 10.0. The summed E-state index contributed by atoms with van der Waals surface area (Å²) in [6.07, 6.45) is 0. The van der Waals surface area contributed by atoms with E-state index >= 15 is 0 Å². The van der Waals surface area contributed by atoms with Gasteiger partial charge in [0.05, 0.1) is 11.1 Å². The van der Waals surface area contributed by atoms with Crippen LogP contribution in [0.1, 0.15) is 55.3 Å². The molecule has 0 aliphatic carbocycles. The zero-order valence-electron chi connectivity index (χ0n) is 18.1. The number of amides is 4. The summed E-state index contributed by atoms with van der Waals surface area (Å²) in [4.78, 5) is 55.4. The number of hydrogen-bond donors (Lipinski definition) is 1. The highest BCUT2D eigenvalue weighted by atomic mass is 16.3. The predicted octanol–water partition coefficient (Wildman–Crippen LogP) is 2.24. The summed E-state index contributed by atoms with van der Waals surface area (Å²) in [6.45, 7) is 5.65. The summed E-state index contributed by atoms with van der Waals surface area (Å²) in [6, 6.07) is 10.8. The molecule has 2 aromatic carbocycles. The molecule has 4 rings (SSSR count). The molecule has 0 radical (unpaired) electrons. The molecule has 2 heterocycles. The molecule has 4 amide bonds. The third-order valence-electron chi connectivity index (χ3n) is 5.71. The summed E-state index contributed by atoms with van der Waals surface area (Å²) in [5, 5.41) is 9.59. The number of piperazine rings is 1. The number of imide groups is 1. The number of carbonyl (C=O) groups is 4. The SMILES string of the molecule is CC(C)CN1C(=O)c2ccc(C(=O)N3CCN(C(=O)c4cccc(O)c4)CC3)cc2C1=O. The molecule has 0 spiro atoms. The number of aromatic hydroxyl groups is 1. The maximum absolute atomic E-state index is 13.0. The Morgan fingerprint density at radius 2 is 1.41 bits per heavy atom. The number of phenols is 1. The second-order valence-electron chi connectivity index (χ2n) is 8.51. The van der Waals surface area contributed by atoms with Crippen LogP contribution in [0.15, 0.2) is 42.5 Å². The largest absolute Gasteiger partial charge is 0.508 e. The van der Waals surface area contributed by atoms with Crippen molar-refractivity contribution in [2.45, 2.75) is 13.8 Å². The fraction of sp³-hybridized carbons (Fsp3) is 0.333. The minimum Gasteiger partial charge on any atom is -0.508 e. The molecule has 8 nitrogen and oxygen atoms in total. The number of nitrogens with zero attached hydrogens (tertiary/aromatic N) is 3. The lowest BCUT2D eigenvalue weighted by molar-refractivity contribution is 0.0535. The van der Waals surface area contributed by atoms with Gasteiger partial charge < -0.3 is 14.9 Å². The lowest BCUT2D eigenvalue weighted by Gasteiger charge is -2.35. The summed E-state index contributed by atoms with van der Waals surface area (Å²) >= 11 is 0. The fourth-order valence-corrected chi connectivity index (χ4v) is 4.07. The number of phenolic OH excluding ortho intramolecular Hbond substituents is 1. The Morgan fingerprint density at radius 1 is 0.844 bits per heavy atom. The second kappa shape index (κ2) is 8.45. The standard InChI is InChI=1S/C24H25N3O5/c1-15(2)14-27-23(31)19-7-6-17(13-20(19)24(27)32)22(30)26-10-8-25(9-11-26)21(29)16-4-3-5-18(28)12-16/h3-7,12-13,15,28H,8-11,14H2,1-2H3. The highest BCUT2D eigenvalue weighted by Gasteiger charge is 2.36. The van der Waals surface area contributed by atoms with Gasteiger partial charge in [-0.15, -0.1) is 0 Å². The molecule has 1 N–H and O–H groups in total. The molecule has 0 saturated carbocycles. The van der Waals surface area contributed by atoms with Gasteiger partial charge in [-0.3, -0.25) is 24.1 Å². The van der Waals surface area contributed by atoms with Gasteiger partial charge in [0.25, 0.3) is 23.6 Å². The Balaban J connectivity index is 1.43. The van der Waals surface area contributed by atoms with Crippen LogP contribution < -0.4 is 0 Å². The summed E-state index contributed by atoms with van der Waals surface area (Å²) < 4.78 is 0. The van der Waals surface area contributed by atoms with Crippen LogP contribution in [0.2, 0.25) is 0 Å². The van der Waals surface area contributed by atoms with E-state index in [1.165, 1.54) is 23.1 Å². The third kappa shape index (κ3) is 3.95. The smallest absolute Gasteiger partial charge is 0.261 e. The second-order valence-corrected chi connectivity index (χ2v) is 8.51. The van der Waals surface area contributed by atoms with Crippen molar-refractivity contribution in [1.82, 2.24) is 14.7 Å². The highest BCUT2D eigenvalue weighted by Crippen LogP contribution is 2.25. The van der Waals surface area contributed by atoms with Crippen molar-refractivity contribution in [3.8, 4) is 5.75 Å². The molecule has 0 bridgehead atoms. The van der Waals surface area contributed by atoms with E-state index in [0.29, 0.717) is 49.4 Å². The first kappa shape index (κ1) is 21.5. The topological polar surface area (TPSA) is 98.2 Å². The van der Waals surface area contributed by atoms with Crippen molar-refractivity contribution in [3.63, 3.8) is 0 Å². The van der Waals surface area contributed by atoms with E-state index in [4.69, 9.17) is 0 Å². The van der Waals surface area contributed by atoms with Gasteiger partial charge in [-0.2, -0.15) is 0 Å². The van der Waals surface area contributed by atoms with Crippen LogP contribution in [0.4, 0.5) is 0 Å². The van der Waals surface area contributed by atoms with E-state index in [2.05, 4.69) is 0 Å². The minimum absolute atomic E-state index is 0.0289. The van der Waals surface area contributed by atoms with Crippen molar-refractivity contribution in [3.05, 3.63) is 64.7 Å². The molecule has 32 heavy (non-hydrogen) atoms. The van der Waals surface area contributed by atoms with Crippen LogP contribution in [0.25, 0.3) is 0 Å². The van der Waals surface area contributed by atoms with Crippen LogP contribution in [0.3, 0.4) is 0 Å². The molecule has 1 saturated heterocycles. The first-order valence-electron chi connectivity index (χ1n) is 10.6. The molecule has 0 aromatic heterocycles. The molecule has 2 aliphatic rings. The van der Waals surface area contributed by atoms with E-state index in [0.717, 1.165) is 0 Å². The Labute approximate surface area is 186 Å². The van der Waals surface area contributed by atoms with Gasteiger partial charge in [0.1, 0.15) is 5.75 Å². The normalized spacial score (nSPS) is 16.0. The minimum atomic E-state index is -0.366. The van der Waals surface area contributed by atoms with Crippen LogP contribution in [0.5, 0.6) is 5.75 Å². The number of carbonyl (C=O) groups excluding carboxylic acids is 4. The van der Waals surface area contributed by atoms with Crippen LogP contribution >= 0.6 is 0 Å². The summed E-state index contributed by atoms with van der Waals surface area (Å²) in [5.41, 5.74) is 1.34. The van der Waals surface area contributed by atoms with Crippen molar-refractivity contribution >= 4 is 23.6 Å². The van der Waals surface area contributed by atoms with Crippen molar-refractivity contribution < 1.29 is 24.3 Å². The predicted molar refractivity (Wildman–Crippen MR) is 117 cm³/mol. The number of fused-ring (bicyclic) bond motifs is 1. The summed E-state index contributed by atoms with van der Waals surface area (Å²) in [5.74, 6) is -0.940. The van der Waals surface area contributed by atoms with E-state index in [1.54, 1.807) is 34.1 Å². The molecule has 8 heteroatoms. The van der Waals surface area contributed by atoms with Crippen LogP contribution in [0, 0.1) is 5.92 Å². The quantitative estimate of drug-likeness (QED) is 0.743. The zero-order valence-corrected chi connectivity index (χ0v) is 18.1. The molecule has 0 unspecified atom stereocenters. The van der Waals surface area contributed by atoms with Crippen molar-refractivity contribution in [2.75, 3.05) is 32.7 Å². The lowest BCUT2D eigenvalue weighted by Crippen LogP contribution is -2.50. The van der Waals surface area contributed by atoms with E-state index in [1.807, 2.05) is 13.8 Å². The van der Waals surface area contributed by atoms with Gasteiger partial charge in [-0.25, -0.2) is 0 Å². The highest BCUT2D eigenvalue weighted by molar-refractivity contribution is 6.22. The van der Waals surface area contributed by atoms with E-state index < -0.39 is 0 Å². The van der Waals surface area contributed by atoms with Gasteiger partial charge >= 0.3 is 0 Å². The van der Waals surface area contributed by atoms with Gasteiger partial charge in [-0.05, 0) is 42.3 Å². The number of rotatable bonds is 4. The van der Waals surface area contributed by atoms with E-state index in [9.17, 15) is 24.3 Å². The first-order chi connectivity index (χ1) is 15.3. The molecule has 0 atom stereocenters. The number of benzene rings is 2. The molecule has 2 aliphatic heterocycles. The van der Waals surface area contributed by atoms with Gasteiger partial charge in [-0.1, -0.05) is 19.9 Å². The number of hydrogen-bond acceptors (Lipinski definition) is 5. The molecule has 2 aromatic rings. The van der Waals surface area contributed by atoms with Crippen LogP contribution in [-0.2, 0) is 0 Å². The molecule has 1 fully saturated rings. The van der Waals surface area contributed by atoms with Gasteiger partial charge in [0.2, 0.25) is 0 Å². The zero-order chi connectivity index (χ0) is 23.0. The summed E-state index contributed by atoms with van der Waals surface area (Å²) in [7, 11) is 0. The Kier molecular flexibility index (Phi) is 5.69. The van der Waals surface area contributed by atoms with Gasteiger partial charge in [0, 0.05) is 43.9 Å². The average molecular weight is 435 g/mol. The third-order valence-corrected chi connectivity index (χ3v) is 5.71. The maximum atomic E-state index is 13.0. The molecular formula is C24H25N3O5. The monoisotopic (exact) mass is 435 g/mol. The average Bonchev–Trinajstić information content (AvgIpc) is 3.02. The maximum Gasteiger partial charge on any atom is 0.261 e. The first-order valence-corrected chi connectivity index (χ1v) is 10.6. The van der Waals surface area contributed by atoms with Crippen LogP contribution in [-0.4, -0.2) is 76.2 Å². The molecular weight excluding hydrogens is 410 g/mol. The van der Waals surface area contributed by atoms with Crippen molar-refractivity contribution in [2.24, 2.45) is 5.92 Å². The van der Waals surface area contributed by atoms with E-state index in [-0.39, 0.29) is 40.9 Å². The Morgan fingerprint density at radius 3 is 1.97 bits per heavy atom. The Hall–Kier alpha value is -3.68. The molecule has 166 valence electrons. The van der Waals surface area contributed by atoms with Crippen molar-refractivity contribution in [1.29, 1.82) is 0 Å². The fourth-order valence-electron chi connectivity index (χ4n) is 4.07. The Bertz CT molecular complexity index is 1100. The van der Waals surface area contributed by atoms with Gasteiger partial charge in [0.15, 0.2) is 0 Å².